The van der Waals surface area contributed by atoms with Crippen LogP contribution in [0.5, 0.6) is 0 Å². The van der Waals surface area contributed by atoms with E-state index in [-0.39, 0.29) is 111 Å². The molecule has 36 heteroatoms. The highest BCUT2D eigenvalue weighted by Gasteiger charge is 2.46. The fourth-order valence-electron chi connectivity index (χ4n) is 9.98. The lowest BCUT2D eigenvalue weighted by atomic mass is 9.92. The predicted molar refractivity (Wildman–Crippen MR) is 332 cm³/mol. The molecule has 3 aliphatic rings. The average Bonchev–Trinajstić information content (AvgIpc) is 0.925. The van der Waals surface area contributed by atoms with E-state index in [1.54, 1.807) is 13.8 Å². The number of ether oxygens (including phenoxy) is 10. The second kappa shape index (κ2) is 48.0. The predicted octanol–water partition coefficient (Wildman–Crippen LogP) is 2.23. The summed E-state index contributed by atoms with van der Waals surface area (Å²) in [6, 6.07) is -1.05. The van der Waals surface area contributed by atoms with Gasteiger partial charge in [0.25, 0.3) is 0 Å². The van der Waals surface area contributed by atoms with Gasteiger partial charge in [0.1, 0.15) is 48.8 Å². The molecule has 18 atom stereocenters. The van der Waals surface area contributed by atoms with Crippen molar-refractivity contribution in [1.29, 1.82) is 0 Å². The lowest BCUT2D eigenvalue weighted by molar-refractivity contribution is -0.282. The van der Waals surface area contributed by atoms with Gasteiger partial charge in [0, 0.05) is 58.4 Å². The van der Waals surface area contributed by atoms with E-state index in [9.17, 15) is 79.1 Å². The third-order valence-electron chi connectivity index (χ3n) is 15.6. The molecule has 3 rings (SSSR count). The van der Waals surface area contributed by atoms with Crippen LogP contribution in [0.15, 0.2) is 0 Å². The van der Waals surface area contributed by atoms with Crippen LogP contribution < -0.4 is 5.32 Å². The zero-order valence-electron chi connectivity index (χ0n) is 55.4. The summed E-state index contributed by atoms with van der Waals surface area (Å²) in [4.78, 5) is 42.6. The van der Waals surface area contributed by atoms with Gasteiger partial charge >= 0.3 is 23.5 Å². The number of phosphoric acid groups is 3. The number of aliphatic hydroxyl groups is 9. The second-order valence-corrected chi connectivity index (χ2v) is 28.6. The van der Waals surface area contributed by atoms with Gasteiger partial charge in [0.05, 0.1) is 110 Å². The lowest BCUT2D eigenvalue weighted by Gasteiger charge is -2.42. The van der Waals surface area contributed by atoms with Crippen molar-refractivity contribution < 1.29 is 154 Å². The van der Waals surface area contributed by atoms with E-state index in [0.29, 0.717) is 103 Å². The van der Waals surface area contributed by atoms with Crippen molar-refractivity contribution in [2.75, 3.05) is 126 Å². The Balaban J connectivity index is 1.40. The Kier molecular flexibility index (Phi) is 44.6. The van der Waals surface area contributed by atoms with Gasteiger partial charge in [-0.15, -0.1) is 0 Å². The molecule has 3 fully saturated rings. The number of amides is 1. The number of nitrogens with one attached hydrogen (secondary N) is 1. The standard InChI is InChI=1S/C58H114NO32P3/c1-41(2)82-40-58(38-77-23-20-32-87-93(72,73)84-29-15-9-6-12-25-79-55-42(3)49(64)51(66)45(34-60)89-55,39-78-24-21-33-88-94(74,75)85-30-16-10-7-13-26-80-56-43(4)50(65)52(67)46(35-61)90-56)37-76-22-18-19-31-86-92(70,71)83-28-17-11-8-14-27-81-57-48(59-44(5)63)54(69)53(68)47(36-62)91-57/h41-43,45-57,60-62,64-69H,6-40H2,1-5H3,(H,59,63)(H,70,71)(H,72,73)(H,74,75)/t42?,43?,45?,46?,47?,48?,49-,50-,51+,52+,53+,54-,55-,56-,57-,58?/m1/s1. The summed E-state index contributed by atoms with van der Waals surface area (Å²) in [6.45, 7) is 7.61. The topological polar surface area (TPSA) is 471 Å². The normalized spacial score (nSPS) is 29.4. The SMILES string of the molecule is CC(=O)NC1[C@H](OCCCCCCOP(=O)(O)OCCCCOCC(COCCCOP(=O)(O)OCCCCCCO[C@@H]2OC(CO)[C@H](O)[C@H](O)C2C)(COCCCOP(=O)(O)OCCCCCCO[C@@H]2OC(CO)[C@H](O)[C@H](O)C2C)COC(C)C)OC(CO)[C@H](O)[C@@H]1O. The molecule has 0 aromatic rings. The van der Waals surface area contributed by atoms with Crippen LogP contribution in [0.2, 0.25) is 0 Å². The maximum absolute atomic E-state index is 12.7. The summed E-state index contributed by atoms with van der Waals surface area (Å²) in [7, 11) is -13.2. The summed E-state index contributed by atoms with van der Waals surface area (Å²) in [5.74, 6) is -1.48. The number of carbonyl (C=O) groups excluding carboxylic acids is 1. The van der Waals surface area contributed by atoms with Gasteiger partial charge in [0.2, 0.25) is 5.91 Å². The largest absolute Gasteiger partial charge is 0.472 e. The first-order chi connectivity index (χ1) is 44.7. The van der Waals surface area contributed by atoms with Crippen LogP contribution in [0, 0.1) is 17.3 Å². The molecule has 0 saturated carbocycles. The fourth-order valence-corrected chi connectivity index (χ4v) is 12.4. The molecule has 0 aliphatic carbocycles. The van der Waals surface area contributed by atoms with Crippen LogP contribution in [0.3, 0.4) is 0 Å². The first kappa shape index (κ1) is 87.3. The first-order valence-electron chi connectivity index (χ1n) is 32.9. The smallest absolute Gasteiger partial charge is 0.394 e. The molecule has 3 saturated heterocycles. The molecule has 3 aliphatic heterocycles. The second-order valence-electron chi connectivity index (χ2n) is 24.3. The lowest BCUT2D eigenvalue weighted by Crippen LogP contribution is -2.64. The maximum Gasteiger partial charge on any atom is 0.472 e. The minimum atomic E-state index is -4.39. The number of rotatable bonds is 56. The summed E-state index contributed by atoms with van der Waals surface area (Å²) in [5, 5.41) is 92.1. The molecule has 3 heterocycles. The Morgan fingerprint density at radius 1 is 0.415 bits per heavy atom. The van der Waals surface area contributed by atoms with Crippen molar-refractivity contribution in [3.63, 3.8) is 0 Å². The molecule has 0 aromatic carbocycles. The molecule has 33 nitrogen and oxygen atoms in total. The number of carbonyl (C=O) groups is 1. The van der Waals surface area contributed by atoms with Crippen molar-refractivity contribution in [3.8, 4) is 0 Å². The Morgan fingerprint density at radius 3 is 1.04 bits per heavy atom. The number of aliphatic hydroxyl groups excluding tert-OH is 9. The Labute approximate surface area is 552 Å². The summed E-state index contributed by atoms with van der Waals surface area (Å²) in [6.07, 6.45) is -5.20. The quantitative estimate of drug-likeness (QED) is 0.0307. The van der Waals surface area contributed by atoms with Crippen LogP contribution in [-0.4, -0.2) is 278 Å². The summed E-state index contributed by atoms with van der Waals surface area (Å²) >= 11 is 0. The average molecular weight is 1430 g/mol. The fraction of sp³-hybridized carbons (Fsp3) is 0.983. The van der Waals surface area contributed by atoms with Gasteiger partial charge in [-0.25, -0.2) is 13.7 Å². The van der Waals surface area contributed by atoms with E-state index < -0.39 is 146 Å². The molecule has 0 aromatic heterocycles. The zero-order valence-corrected chi connectivity index (χ0v) is 58.0. The number of phosphoric ester groups is 3. The highest BCUT2D eigenvalue weighted by atomic mass is 31.2. The van der Waals surface area contributed by atoms with E-state index in [1.165, 1.54) is 6.92 Å². The van der Waals surface area contributed by atoms with Crippen LogP contribution in [-0.2, 0) is 93.0 Å². The maximum atomic E-state index is 12.7. The van der Waals surface area contributed by atoms with E-state index in [2.05, 4.69) is 5.32 Å². The van der Waals surface area contributed by atoms with E-state index >= 15 is 0 Å². The molecular weight excluding hydrogens is 1320 g/mol. The van der Waals surface area contributed by atoms with Crippen LogP contribution in [0.1, 0.15) is 137 Å². The third-order valence-corrected chi connectivity index (χ3v) is 18.7. The van der Waals surface area contributed by atoms with Crippen LogP contribution >= 0.6 is 23.5 Å². The minimum absolute atomic E-state index is 0.0360. The monoisotopic (exact) mass is 1430 g/mol. The van der Waals surface area contributed by atoms with E-state index in [0.717, 1.165) is 0 Å². The molecule has 9 unspecified atom stereocenters. The van der Waals surface area contributed by atoms with Crippen LogP contribution in [0.4, 0.5) is 0 Å². The Bertz CT molecular complexity index is 2030. The van der Waals surface area contributed by atoms with Gasteiger partial charge < -0.3 is 113 Å². The summed E-state index contributed by atoms with van der Waals surface area (Å²) in [5.41, 5.74) is -0.917. The van der Waals surface area contributed by atoms with Crippen molar-refractivity contribution in [1.82, 2.24) is 5.32 Å². The number of hydrogen-bond donors (Lipinski definition) is 13. The number of hydrogen-bond acceptors (Lipinski definition) is 29. The van der Waals surface area contributed by atoms with Gasteiger partial charge in [-0.1, -0.05) is 52.4 Å². The van der Waals surface area contributed by atoms with E-state index in [1.807, 2.05) is 13.8 Å². The third kappa shape index (κ3) is 35.1. The van der Waals surface area contributed by atoms with Gasteiger partial charge in [0.15, 0.2) is 18.9 Å². The molecule has 0 spiro atoms. The first-order valence-corrected chi connectivity index (χ1v) is 37.4. The molecule has 13 N–H and O–H groups in total. The molecule has 558 valence electrons. The van der Waals surface area contributed by atoms with Crippen molar-refractivity contribution in [2.24, 2.45) is 17.3 Å². The van der Waals surface area contributed by atoms with Gasteiger partial charge in [-0.05, 0) is 78.1 Å². The van der Waals surface area contributed by atoms with Crippen molar-refractivity contribution in [3.05, 3.63) is 0 Å². The molecule has 0 radical (unpaired) electrons. The highest BCUT2D eigenvalue weighted by Crippen LogP contribution is 2.45. The molecular formula is C58H114NO32P3. The minimum Gasteiger partial charge on any atom is -0.394 e. The van der Waals surface area contributed by atoms with Crippen molar-refractivity contribution in [2.45, 2.75) is 223 Å². The molecule has 94 heavy (non-hydrogen) atoms. The summed E-state index contributed by atoms with van der Waals surface area (Å²) < 4.78 is 127. The van der Waals surface area contributed by atoms with E-state index in [4.69, 9.17) is 74.5 Å². The van der Waals surface area contributed by atoms with Crippen LogP contribution in [0.25, 0.3) is 0 Å². The Hall–Kier alpha value is -0.960. The van der Waals surface area contributed by atoms with Gasteiger partial charge in [-0.2, -0.15) is 0 Å². The highest BCUT2D eigenvalue weighted by molar-refractivity contribution is 7.47. The molecule has 0 bridgehead atoms. The number of unbranched alkanes of at least 4 members (excludes halogenated alkanes) is 10. The molecule has 1 amide bonds. The zero-order chi connectivity index (χ0) is 69.6. The van der Waals surface area contributed by atoms with Gasteiger partial charge in [-0.3, -0.25) is 31.9 Å². The van der Waals surface area contributed by atoms with Crippen molar-refractivity contribution >= 4 is 29.4 Å². The Morgan fingerprint density at radius 2 is 0.702 bits per heavy atom.